The zero-order valence-electron chi connectivity index (χ0n) is 11.1. The molecule has 6 heteroatoms. The van der Waals surface area contributed by atoms with Crippen LogP contribution in [0.5, 0.6) is 0 Å². The summed E-state index contributed by atoms with van der Waals surface area (Å²) in [6.45, 7) is 5.82. The topological polar surface area (TPSA) is 81.5 Å². The maximum Gasteiger partial charge on any atom is 0.137 e. The van der Waals surface area contributed by atoms with Gasteiger partial charge in [0.1, 0.15) is 18.0 Å². The Hall–Kier alpha value is -1.40. The molecule has 0 fully saturated rings. The number of hydrogen-bond donors (Lipinski definition) is 3. The number of rotatable bonds is 8. The van der Waals surface area contributed by atoms with Crippen LogP contribution in [0.2, 0.25) is 0 Å². The number of nitrogens with one attached hydrogen (secondary N) is 1. The molecule has 0 unspecified atom stereocenters. The molecule has 0 radical (unpaired) electrons. The molecule has 102 valence electrons. The van der Waals surface area contributed by atoms with Crippen molar-refractivity contribution in [2.75, 3.05) is 43.1 Å². The highest BCUT2D eigenvalue weighted by Crippen LogP contribution is 2.23. The lowest BCUT2D eigenvalue weighted by atomic mass is 10.2. The van der Waals surface area contributed by atoms with Crippen molar-refractivity contribution >= 4 is 11.6 Å². The van der Waals surface area contributed by atoms with Gasteiger partial charge in [-0.25, -0.2) is 9.97 Å². The van der Waals surface area contributed by atoms with Crippen molar-refractivity contribution in [1.29, 1.82) is 0 Å². The normalized spacial score (nSPS) is 10.4. The molecule has 0 aliphatic heterocycles. The molecule has 0 aliphatic carbocycles. The molecule has 1 aromatic rings. The van der Waals surface area contributed by atoms with Crippen molar-refractivity contribution in [3.05, 3.63) is 11.9 Å². The van der Waals surface area contributed by atoms with Gasteiger partial charge in [-0.2, -0.15) is 0 Å². The lowest BCUT2D eigenvalue weighted by Gasteiger charge is -2.25. The van der Waals surface area contributed by atoms with Gasteiger partial charge in [-0.15, -0.1) is 0 Å². The van der Waals surface area contributed by atoms with Crippen molar-refractivity contribution in [1.82, 2.24) is 9.97 Å². The molecule has 0 bridgehead atoms. The molecule has 1 heterocycles. The Kier molecular flexibility index (Phi) is 6.38. The zero-order chi connectivity index (χ0) is 13.4. The summed E-state index contributed by atoms with van der Waals surface area (Å²) in [5, 5.41) is 21.4. The Labute approximate surface area is 108 Å². The van der Waals surface area contributed by atoms with Crippen LogP contribution in [0.15, 0.2) is 6.33 Å². The minimum atomic E-state index is 0.0314. The van der Waals surface area contributed by atoms with Gasteiger partial charge < -0.3 is 20.4 Å². The fourth-order valence-electron chi connectivity index (χ4n) is 1.89. The Morgan fingerprint density at radius 3 is 2.33 bits per heavy atom. The molecule has 0 saturated carbocycles. The Morgan fingerprint density at radius 2 is 1.83 bits per heavy atom. The van der Waals surface area contributed by atoms with E-state index in [-0.39, 0.29) is 13.2 Å². The summed E-state index contributed by atoms with van der Waals surface area (Å²) < 4.78 is 0. The second-order valence-corrected chi connectivity index (χ2v) is 3.84. The first-order valence-corrected chi connectivity index (χ1v) is 6.32. The van der Waals surface area contributed by atoms with Gasteiger partial charge >= 0.3 is 0 Å². The van der Waals surface area contributed by atoms with Gasteiger partial charge in [-0.05, 0) is 13.3 Å². The molecule has 1 aromatic heterocycles. The van der Waals surface area contributed by atoms with Gasteiger partial charge in [0.15, 0.2) is 0 Å². The fourth-order valence-corrected chi connectivity index (χ4v) is 1.89. The molecule has 6 nitrogen and oxygen atoms in total. The van der Waals surface area contributed by atoms with Gasteiger partial charge in [0.25, 0.3) is 0 Å². The number of hydrogen-bond acceptors (Lipinski definition) is 6. The van der Waals surface area contributed by atoms with Crippen LogP contribution in [0, 0.1) is 0 Å². The van der Waals surface area contributed by atoms with Crippen LogP contribution in [-0.4, -0.2) is 53.0 Å². The van der Waals surface area contributed by atoms with E-state index in [9.17, 15) is 0 Å². The summed E-state index contributed by atoms with van der Waals surface area (Å²) in [6.07, 6.45) is 2.31. The number of aromatic nitrogens is 2. The largest absolute Gasteiger partial charge is 0.395 e. The van der Waals surface area contributed by atoms with Crippen molar-refractivity contribution in [3.8, 4) is 0 Å². The fraction of sp³-hybridized carbons (Fsp3) is 0.667. The second kappa shape index (κ2) is 7.84. The van der Waals surface area contributed by atoms with E-state index in [1.807, 2.05) is 18.7 Å². The summed E-state index contributed by atoms with van der Waals surface area (Å²) in [5.41, 5.74) is 1.02. The summed E-state index contributed by atoms with van der Waals surface area (Å²) in [7, 11) is 0. The van der Waals surface area contributed by atoms with E-state index >= 15 is 0 Å². The Balaban J connectivity index is 3.07. The van der Waals surface area contributed by atoms with Gasteiger partial charge in [0.05, 0.1) is 13.2 Å². The smallest absolute Gasteiger partial charge is 0.137 e. The number of aliphatic hydroxyl groups is 2. The van der Waals surface area contributed by atoms with Gasteiger partial charge in [-0.1, -0.05) is 6.92 Å². The van der Waals surface area contributed by atoms with Crippen LogP contribution in [0.1, 0.15) is 19.4 Å². The molecule has 0 spiro atoms. The molecule has 0 aromatic carbocycles. The molecule has 0 saturated heterocycles. The van der Waals surface area contributed by atoms with E-state index in [0.717, 1.165) is 30.2 Å². The van der Waals surface area contributed by atoms with Crippen LogP contribution in [0.3, 0.4) is 0 Å². The maximum absolute atomic E-state index is 9.08. The molecular formula is C12H22N4O2. The van der Waals surface area contributed by atoms with Crippen molar-refractivity contribution in [2.45, 2.75) is 20.3 Å². The number of anilines is 2. The molecule has 0 amide bonds. The summed E-state index contributed by atoms with van der Waals surface area (Å²) in [5.74, 6) is 1.61. The molecular weight excluding hydrogens is 232 g/mol. The second-order valence-electron chi connectivity index (χ2n) is 3.84. The monoisotopic (exact) mass is 254 g/mol. The lowest BCUT2D eigenvalue weighted by Crippen LogP contribution is -2.31. The summed E-state index contributed by atoms with van der Waals surface area (Å²) in [4.78, 5) is 10.4. The van der Waals surface area contributed by atoms with Crippen molar-refractivity contribution in [2.24, 2.45) is 0 Å². The quantitative estimate of drug-likeness (QED) is 0.617. The molecule has 1 rings (SSSR count). The third kappa shape index (κ3) is 3.54. The zero-order valence-corrected chi connectivity index (χ0v) is 11.1. The molecule has 0 aliphatic rings. The first-order valence-electron chi connectivity index (χ1n) is 6.32. The van der Waals surface area contributed by atoms with Gasteiger partial charge in [-0.3, -0.25) is 0 Å². The van der Waals surface area contributed by atoms with Crippen LogP contribution < -0.4 is 10.2 Å². The van der Waals surface area contributed by atoms with E-state index in [1.165, 1.54) is 6.33 Å². The summed E-state index contributed by atoms with van der Waals surface area (Å²) >= 11 is 0. The molecule has 18 heavy (non-hydrogen) atoms. The Morgan fingerprint density at radius 1 is 1.17 bits per heavy atom. The molecule has 3 N–H and O–H groups in total. The highest BCUT2D eigenvalue weighted by molar-refractivity contribution is 5.58. The predicted molar refractivity (Wildman–Crippen MR) is 72.0 cm³/mol. The van der Waals surface area contributed by atoms with E-state index in [2.05, 4.69) is 15.3 Å². The van der Waals surface area contributed by atoms with Crippen LogP contribution >= 0.6 is 0 Å². The van der Waals surface area contributed by atoms with Crippen LogP contribution in [0.4, 0.5) is 11.6 Å². The van der Waals surface area contributed by atoms with Crippen molar-refractivity contribution in [3.63, 3.8) is 0 Å². The molecule has 0 atom stereocenters. The van der Waals surface area contributed by atoms with Gasteiger partial charge in [0.2, 0.25) is 0 Å². The van der Waals surface area contributed by atoms with Gasteiger partial charge in [0, 0.05) is 25.2 Å². The van der Waals surface area contributed by atoms with E-state index < -0.39 is 0 Å². The standard InChI is InChI=1S/C12H22N4O2/c1-3-10-11(13-4-2)14-9-15-12(10)16(5-7-17)6-8-18/h9,17-18H,3-8H2,1-2H3,(H,13,14,15). The SMILES string of the molecule is CCNc1ncnc(N(CCO)CCO)c1CC. The third-order valence-electron chi connectivity index (χ3n) is 2.66. The van der Waals surface area contributed by atoms with E-state index in [0.29, 0.717) is 13.1 Å². The minimum Gasteiger partial charge on any atom is -0.395 e. The Bertz CT molecular complexity index is 354. The van der Waals surface area contributed by atoms with Crippen LogP contribution in [-0.2, 0) is 6.42 Å². The van der Waals surface area contributed by atoms with Crippen LogP contribution in [0.25, 0.3) is 0 Å². The average Bonchev–Trinajstić information content (AvgIpc) is 2.38. The third-order valence-corrected chi connectivity index (χ3v) is 2.66. The minimum absolute atomic E-state index is 0.0314. The highest BCUT2D eigenvalue weighted by atomic mass is 16.3. The number of nitrogens with zero attached hydrogens (tertiary/aromatic N) is 3. The lowest BCUT2D eigenvalue weighted by molar-refractivity contribution is 0.280. The van der Waals surface area contributed by atoms with Crippen molar-refractivity contribution < 1.29 is 10.2 Å². The first-order chi connectivity index (χ1) is 8.78. The van der Waals surface area contributed by atoms with E-state index in [4.69, 9.17) is 10.2 Å². The average molecular weight is 254 g/mol. The summed E-state index contributed by atoms with van der Waals surface area (Å²) in [6, 6.07) is 0. The maximum atomic E-state index is 9.08. The van der Waals surface area contributed by atoms with E-state index in [1.54, 1.807) is 0 Å². The number of aliphatic hydroxyl groups excluding tert-OH is 2. The first kappa shape index (κ1) is 14.7. The predicted octanol–water partition coefficient (Wildman–Crippen LogP) is 0.262. The highest BCUT2D eigenvalue weighted by Gasteiger charge is 2.15.